The maximum atomic E-state index is 10.9. The van der Waals surface area contributed by atoms with Crippen molar-refractivity contribution in [2.45, 2.75) is 25.9 Å². The van der Waals surface area contributed by atoms with Crippen LogP contribution in [0.5, 0.6) is 0 Å². The van der Waals surface area contributed by atoms with E-state index in [0.29, 0.717) is 0 Å². The number of carboxylic acid groups (broad SMARTS) is 1. The van der Waals surface area contributed by atoms with E-state index in [9.17, 15) is 4.79 Å². The highest BCUT2D eigenvalue weighted by Gasteiger charge is 2.24. The van der Waals surface area contributed by atoms with Gasteiger partial charge in [-0.05, 0) is 24.5 Å². The Morgan fingerprint density at radius 3 is 2.73 bits per heavy atom. The van der Waals surface area contributed by atoms with E-state index in [1.807, 2.05) is 17.0 Å². The number of carboxylic acids is 1. The SMILES string of the molecule is CC(C(=O)O)N1CCc2ccccc2C1. The average Bonchev–Trinajstić information content (AvgIpc) is 2.27. The fraction of sp³-hybridized carbons (Fsp3) is 0.417. The Labute approximate surface area is 89.3 Å². The molecule has 0 spiro atoms. The van der Waals surface area contributed by atoms with E-state index in [1.165, 1.54) is 11.1 Å². The lowest BCUT2D eigenvalue weighted by molar-refractivity contribution is -0.143. The van der Waals surface area contributed by atoms with Gasteiger partial charge in [0.15, 0.2) is 0 Å². The molecular weight excluding hydrogens is 190 g/mol. The summed E-state index contributed by atoms with van der Waals surface area (Å²) in [7, 11) is 0. The quantitative estimate of drug-likeness (QED) is 0.795. The molecule has 15 heavy (non-hydrogen) atoms. The van der Waals surface area contributed by atoms with E-state index < -0.39 is 12.0 Å². The first-order chi connectivity index (χ1) is 7.18. The minimum absolute atomic E-state index is 0.390. The van der Waals surface area contributed by atoms with Crippen molar-refractivity contribution in [3.63, 3.8) is 0 Å². The first-order valence-electron chi connectivity index (χ1n) is 5.22. The normalized spacial score (nSPS) is 18.2. The molecule has 3 heteroatoms. The average molecular weight is 205 g/mol. The van der Waals surface area contributed by atoms with Crippen molar-refractivity contribution in [3.05, 3.63) is 35.4 Å². The topological polar surface area (TPSA) is 40.5 Å². The monoisotopic (exact) mass is 205 g/mol. The van der Waals surface area contributed by atoms with Gasteiger partial charge in [-0.15, -0.1) is 0 Å². The summed E-state index contributed by atoms with van der Waals surface area (Å²) in [4.78, 5) is 12.9. The first kappa shape index (κ1) is 10.2. The molecule has 1 unspecified atom stereocenters. The molecule has 1 aliphatic heterocycles. The number of aliphatic carboxylic acids is 1. The van der Waals surface area contributed by atoms with Gasteiger partial charge in [-0.1, -0.05) is 24.3 Å². The van der Waals surface area contributed by atoms with Crippen molar-refractivity contribution in [1.29, 1.82) is 0 Å². The molecule has 2 rings (SSSR count). The van der Waals surface area contributed by atoms with Crippen molar-refractivity contribution in [3.8, 4) is 0 Å². The van der Waals surface area contributed by atoms with Gasteiger partial charge in [0.05, 0.1) is 0 Å². The molecule has 0 amide bonds. The Kier molecular flexibility index (Phi) is 2.73. The fourth-order valence-corrected chi connectivity index (χ4v) is 2.00. The second kappa shape index (κ2) is 4.03. The molecule has 0 saturated heterocycles. The lowest BCUT2D eigenvalue weighted by Gasteiger charge is -2.31. The highest BCUT2D eigenvalue weighted by molar-refractivity contribution is 5.72. The molecule has 1 atom stereocenters. The Hall–Kier alpha value is -1.35. The van der Waals surface area contributed by atoms with Crippen LogP contribution in [0.2, 0.25) is 0 Å². The molecule has 1 N–H and O–H groups in total. The molecule has 0 saturated carbocycles. The smallest absolute Gasteiger partial charge is 0.320 e. The van der Waals surface area contributed by atoms with Crippen LogP contribution in [0.15, 0.2) is 24.3 Å². The maximum Gasteiger partial charge on any atom is 0.320 e. The predicted octanol–water partition coefficient (Wildman–Crippen LogP) is 1.52. The van der Waals surface area contributed by atoms with Crippen LogP contribution in [0.3, 0.4) is 0 Å². The Morgan fingerprint density at radius 1 is 1.40 bits per heavy atom. The fourth-order valence-electron chi connectivity index (χ4n) is 2.00. The molecular formula is C12H15NO2. The molecule has 0 aliphatic carbocycles. The van der Waals surface area contributed by atoms with Crippen LogP contribution in [0.1, 0.15) is 18.1 Å². The second-order valence-electron chi connectivity index (χ2n) is 4.00. The number of carbonyl (C=O) groups is 1. The van der Waals surface area contributed by atoms with Gasteiger partial charge in [0.2, 0.25) is 0 Å². The number of rotatable bonds is 2. The van der Waals surface area contributed by atoms with E-state index in [-0.39, 0.29) is 0 Å². The molecule has 0 bridgehead atoms. The minimum atomic E-state index is -0.741. The van der Waals surface area contributed by atoms with E-state index in [2.05, 4.69) is 12.1 Å². The van der Waals surface area contributed by atoms with Crippen LogP contribution in [0, 0.1) is 0 Å². The van der Waals surface area contributed by atoms with Gasteiger partial charge in [-0.25, -0.2) is 0 Å². The highest BCUT2D eigenvalue weighted by atomic mass is 16.4. The lowest BCUT2D eigenvalue weighted by Crippen LogP contribution is -2.42. The van der Waals surface area contributed by atoms with Gasteiger partial charge in [0, 0.05) is 13.1 Å². The molecule has 1 heterocycles. The highest BCUT2D eigenvalue weighted by Crippen LogP contribution is 2.19. The molecule has 3 nitrogen and oxygen atoms in total. The molecule has 0 radical (unpaired) electrons. The summed E-state index contributed by atoms with van der Waals surface area (Å²) < 4.78 is 0. The molecule has 1 aromatic rings. The third-order valence-electron chi connectivity index (χ3n) is 3.07. The van der Waals surface area contributed by atoms with Crippen LogP contribution < -0.4 is 0 Å². The summed E-state index contributed by atoms with van der Waals surface area (Å²) in [5.41, 5.74) is 2.61. The summed E-state index contributed by atoms with van der Waals surface area (Å²) in [6.45, 7) is 3.34. The van der Waals surface area contributed by atoms with E-state index in [4.69, 9.17) is 5.11 Å². The number of nitrogens with zero attached hydrogens (tertiary/aromatic N) is 1. The summed E-state index contributed by atoms with van der Waals surface area (Å²) in [5, 5.41) is 8.94. The van der Waals surface area contributed by atoms with E-state index in [1.54, 1.807) is 6.92 Å². The van der Waals surface area contributed by atoms with Crippen LogP contribution >= 0.6 is 0 Å². The molecule has 0 aromatic heterocycles. The third-order valence-corrected chi connectivity index (χ3v) is 3.07. The molecule has 1 aromatic carbocycles. The standard InChI is InChI=1S/C12H15NO2/c1-9(12(14)15)13-7-6-10-4-2-3-5-11(10)8-13/h2-5,9H,6-8H2,1H3,(H,14,15). The van der Waals surface area contributed by atoms with E-state index in [0.717, 1.165) is 19.5 Å². The molecule has 0 fully saturated rings. The van der Waals surface area contributed by atoms with Crippen LogP contribution in [-0.2, 0) is 17.8 Å². The molecule has 1 aliphatic rings. The Bertz CT molecular complexity index is 376. The number of fused-ring (bicyclic) bond motifs is 1. The van der Waals surface area contributed by atoms with Crippen molar-refractivity contribution in [2.75, 3.05) is 6.54 Å². The minimum Gasteiger partial charge on any atom is -0.480 e. The van der Waals surface area contributed by atoms with Crippen LogP contribution in [0.4, 0.5) is 0 Å². The van der Waals surface area contributed by atoms with E-state index >= 15 is 0 Å². The summed E-state index contributed by atoms with van der Waals surface area (Å²) in [6.07, 6.45) is 0.952. The summed E-state index contributed by atoms with van der Waals surface area (Å²) >= 11 is 0. The predicted molar refractivity (Wildman–Crippen MR) is 57.7 cm³/mol. The van der Waals surface area contributed by atoms with Gasteiger partial charge >= 0.3 is 5.97 Å². The largest absolute Gasteiger partial charge is 0.480 e. The zero-order valence-electron chi connectivity index (χ0n) is 8.81. The van der Waals surface area contributed by atoms with Gasteiger partial charge in [-0.3, -0.25) is 9.69 Å². The van der Waals surface area contributed by atoms with Gasteiger partial charge in [0.1, 0.15) is 6.04 Å². The van der Waals surface area contributed by atoms with Gasteiger partial charge in [0.25, 0.3) is 0 Å². The summed E-state index contributed by atoms with van der Waals surface area (Å²) in [6, 6.07) is 7.86. The third kappa shape index (κ3) is 2.02. The van der Waals surface area contributed by atoms with Gasteiger partial charge < -0.3 is 5.11 Å². The van der Waals surface area contributed by atoms with Gasteiger partial charge in [-0.2, -0.15) is 0 Å². The number of hydrogen-bond acceptors (Lipinski definition) is 2. The van der Waals surface area contributed by atoms with Crippen molar-refractivity contribution in [1.82, 2.24) is 4.90 Å². The number of hydrogen-bond donors (Lipinski definition) is 1. The Morgan fingerprint density at radius 2 is 2.07 bits per heavy atom. The first-order valence-corrected chi connectivity index (χ1v) is 5.22. The Balaban J connectivity index is 2.15. The summed E-state index contributed by atoms with van der Waals surface area (Å²) in [5.74, 6) is -0.741. The molecule has 80 valence electrons. The number of benzene rings is 1. The second-order valence-corrected chi connectivity index (χ2v) is 4.00. The lowest BCUT2D eigenvalue weighted by atomic mass is 9.99. The van der Waals surface area contributed by atoms with Crippen molar-refractivity contribution < 1.29 is 9.90 Å². The van der Waals surface area contributed by atoms with Crippen LogP contribution in [0.25, 0.3) is 0 Å². The van der Waals surface area contributed by atoms with Crippen molar-refractivity contribution in [2.24, 2.45) is 0 Å². The zero-order chi connectivity index (χ0) is 10.8. The van der Waals surface area contributed by atoms with Crippen LogP contribution in [-0.4, -0.2) is 28.6 Å². The maximum absolute atomic E-state index is 10.9. The zero-order valence-corrected chi connectivity index (χ0v) is 8.81. The van der Waals surface area contributed by atoms with Crippen molar-refractivity contribution >= 4 is 5.97 Å².